The molecular weight excluding hydrogens is 222 g/mol. The molecule has 1 aliphatic heterocycles. The number of nitrogens with zero attached hydrogens (tertiary/aromatic N) is 3. The molecule has 0 spiro atoms. The first-order valence-corrected chi connectivity index (χ1v) is 6.05. The van der Waals surface area contributed by atoms with E-state index in [1.54, 1.807) is 30.1 Å². The van der Waals surface area contributed by atoms with Gasteiger partial charge in [0.05, 0.1) is 0 Å². The number of fused-ring (bicyclic) bond motifs is 1. The van der Waals surface area contributed by atoms with Crippen molar-refractivity contribution < 1.29 is 4.79 Å². The van der Waals surface area contributed by atoms with Gasteiger partial charge < -0.3 is 4.90 Å². The molecule has 0 aromatic carbocycles. The Morgan fingerprint density at radius 2 is 2.44 bits per heavy atom. The Morgan fingerprint density at radius 3 is 3.25 bits per heavy atom. The summed E-state index contributed by atoms with van der Waals surface area (Å²) in [7, 11) is 0. The molecule has 0 radical (unpaired) electrons. The summed E-state index contributed by atoms with van der Waals surface area (Å²) in [6.07, 6.45) is 5.82. The van der Waals surface area contributed by atoms with Crippen molar-refractivity contribution in [3.8, 4) is 0 Å². The summed E-state index contributed by atoms with van der Waals surface area (Å²) in [6, 6.07) is 2.11. The number of imidazole rings is 1. The first-order valence-electron chi connectivity index (χ1n) is 5.17. The van der Waals surface area contributed by atoms with Crippen LogP contribution in [0, 0.1) is 0 Å². The summed E-state index contributed by atoms with van der Waals surface area (Å²) < 4.78 is 1.53. The standard InChI is InChI=1S/C11H11N3OS/c15-11(14-5-3-12-8-14)13-4-1-10-9(7-13)2-6-16-10/h2-3,5-6,8H,1,4,7H2. The molecule has 0 unspecified atom stereocenters. The number of amides is 1. The van der Waals surface area contributed by atoms with Crippen LogP contribution in [0.3, 0.4) is 0 Å². The average molecular weight is 233 g/mol. The Balaban J connectivity index is 1.81. The zero-order chi connectivity index (χ0) is 11.0. The minimum Gasteiger partial charge on any atom is -0.319 e. The van der Waals surface area contributed by atoms with Crippen molar-refractivity contribution in [2.24, 2.45) is 0 Å². The molecule has 0 N–H and O–H groups in total. The normalized spacial score (nSPS) is 14.9. The Hall–Kier alpha value is -1.62. The van der Waals surface area contributed by atoms with Crippen LogP contribution < -0.4 is 0 Å². The van der Waals surface area contributed by atoms with Crippen LogP contribution in [0.5, 0.6) is 0 Å². The molecule has 3 rings (SSSR count). The highest BCUT2D eigenvalue weighted by molar-refractivity contribution is 7.10. The Morgan fingerprint density at radius 1 is 1.50 bits per heavy atom. The summed E-state index contributed by atoms with van der Waals surface area (Å²) in [5, 5.41) is 2.09. The molecule has 0 bridgehead atoms. The van der Waals surface area contributed by atoms with Crippen molar-refractivity contribution in [3.05, 3.63) is 40.6 Å². The Bertz CT molecular complexity index is 503. The smallest absolute Gasteiger partial charge is 0.319 e. The monoisotopic (exact) mass is 233 g/mol. The van der Waals surface area contributed by atoms with E-state index in [1.165, 1.54) is 15.0 Å². The van der Waals surface area contributed by atoms with Crippen molar-refractivity contribution in [1.29, 1.82) is 0 Å². The molecule has 0 atom stereocenters. The van der Waals surface area contributed by atoms with E-state index in [9.17, 15) is 4.79 Å². The summed E-state index contributed by atoms with van der Waals surface area (Å²) in [6.45, 7) is 1.51. The van der Waals surface area contributed by atoms with Gasteiger partial charge in [0.15, 0.2) is 0 Å². The van der Waals surface area contributed by atoms with Gasteiger partial charge in [-0.3, -0.25) is 4.57 Å². The fourth-order valence-electron chi connectivity index (χ4n) is 1.95. The van der Waals surface area contributed by atoms with E-state index in [1.807, 2.05) is 4.90 Å². The molecule has 0 aliphatic carbocycles. The van der Waals surface area contributed by atoms with Crippen LogP contribution in [0.25, 0.3) is 0 Å². The van der Waals surface area contributed by atoms with E-state index in [-0.39, 0.29) is 6.03 Å². The van der Waals surface area contributed by atoms with E-state index >= 15 is 0 Å². The lowest BCUT2D eigenvalue weighted by atomic mass is 10.1. The molecule has 0 fully saturated rings. The highest BCUT2D eigenvalue weighted by atomic mass is 32.1. The van der Waals surface area contributed by atoms with Crippen LogP contribution in [0.2, 0.25) is 0 Å². The lowest BCUT2D eigenvalue weighted by Gasteiger charge is -2.26. The second-order valence-electron chi connectivity index (χ2n) is 3.79. The summed E-state index contributed by atoms with van der Waals surface area (Å²) in [5.41, 5.74) is 1.28. The maximum Gasteiger partial charge on any atom is 0.329 e. The van der Waals surface area contributed by atoms with Gasteiger partial charge in [-0.05, 0) is 23.4 Å². The zero-order valence-electron chi connectivity index (χ0n) is 8.67. The van der Waals surface area contributed by atoms with Crippen LogP contribution in [-0.2, 0) is 13.0 Å². The van der Waals surface area contributed by atoms with Crippen LogP contribution in [0.1, 0.15) is 10.4 Å². The van der Waals surface area contributed by atoms with Crippen LogP contribution >= 0.6 is 11.3 Å². The lowest BCUT2D eigenvalue weighted by Crippen LogP contribution is -2.37. The van der Waals surface area contributed by atoms with Gasteiger partial charge in [-0.2, -0.15) is 0 Å². The van der Waals surface area contributed by atoms with Crippen molar-refractivity contribution in [2.45, 2.75) is 13.0 Å². The molecule has 2 aromatic rings. The summed E-state index contributed by atoms with van der Waals surface area (Å²) >= 11 is 1.78. The minimum atomic E-state index is 0.00866. The van der Waals surface area contributed by atoms with Gasteiger partial charge in [0, 0.05) is 30.4 Å². The summed E-state index contributed by atoms with van der Waals surface area (Å²) in [4.78, 5) is 19.2. The maximum absolute atomic E-state index is 12.0. The molecule has 4 nitrogen and oxygen atoms in total. The summed E-state index contributed by atoms with van der Waals surface area (Å²) in [5.74, 6) is 0. The van der Waals surface area contributed by atoms with Crippen molar-refractivity contribution in [1.82, 2.24) is 14.5 Å². The second-order valence-corrected chi connectivity index (χ2v) is 4.79. The predicted molar refractivity (Wildman–Crippen MR) is 61.5 cm³/mol. The fraction of sp³-hybridized carbons (Fsp3) is 0.273. The number of hydrogen-bond donors (Lipinski definition) is 0. The lowest BCUT2D eigenvalue weighted by molar-refractivity contribution is 0.194. The third kappa shape index (κ3) is 1.53. The first-order chi connectivity index (χ1) is 7.84. The SMILES string of the molecule is O=C(N1CCc2sccc2C1)n1ccnc1. The molecule has 1 aliphatic rings. The number of aromatic nitrogens is 2. The predicted octanol–water partition coefficient (Wildman–Crippen LogP) is 1.97. The van der Waals surface area contributed by atoms with Crippen molar-refractivity contribution in [3.63, 3.8) is 0 Å². The average Bonchev–Trinajstić information content (AvgIpc) is 2.98. The minimum absolute atomic E-state index is 0.00866. The van der Waals surface area contributed by atoms with E-state index in [4.69, 9.17) is 0 Å². The van der Waals surface area contributed by atoms with Gasteiger partial charge in [0.1, 0.15) is 6.33 Å². The van der Waals surface area contributed by atoms with Gasteiger partial charge in [0.2, 0.25) is 0 Å². The molecule has 2 aromatic heterocycles. The molecule has 0 saturated heterocycles. The van der Waals surface area contributed by atoms with E-state index in [2.05, 4.69) is 16.4 Å². The molecular formula is C11H11N3OS. The zero-order valence-corrected chi connectivity index (χ0v) is 9.48. The molecule has 5 heteroatoms. The highest BCUT2D eigenvalue weighted by Crippen LogP contribution is 2.24. The molecule has 16 heavy (non-hydrogen) atoms. The van der Waals surface area contributed by atoms with Crippen molar-refractivity contribution in [2.75, 3.05) is 6.54 Å². The van der Waals surface area contributed by atoms with Crippen LogP contribution in [0.15, 0.2) is 30.2 Å². The third-order valence-corrected chi connectivity index (χ3v) is 3.83. The topological polar surface area (TPSA) is 38.1 Å². The second kappa shape index (κ2) is 3.75. The largest absolute Gasteiger partial charge is 0.329 e. The van der Waals surface area contributed by atoms with Gasteiger partial charge in [-0.1, -0.05) is 0 Å². The van der Waals surface area contributed by atoms with Gasteiger partial charge in [-0.25, -0.2) is 9.78 Å². The number of thiophene rings is 1. The van der Waals surface area contributed by atoms with Crippen LogP contribution in [0.4, 0.5) is 4.79 Å². The van der Waals surface area contributed by atoms with Gasteiger partial charge in [-0.15, -0.1) is 11.3 Å². The first kappa shape index (κ1) is 9.59. The highest BCUT2D eigenvalue weighted by Gasteiger charge is 2.21. The number of carbonyl (C=O) groups excluding carboxylic acids is 1. The number of hydrogen-bond acceptors (Lipinski definition) is 3. The van der Waals surface area contributed by atoms with Crippen molar-refractivity contribution >= 4 is 17.4 Å². The third-order valence-electron chi connectivity index (χ3n) is 2.80. The number of carbonyl (C=O) groups is 1. The van der Waals surface area contributed by atoms with Gasteiger partial charge >= 0.3 is 6.03 Å². The van der Waals surface area contributed by atoms with E-state index in [0.29, 0.717) is 0 Å². The molecule has 0 saturated carbocycles. The molecule has 3 heterocycles. The Labute approximate surface area is 97.1 Å². The quantitative estimate of drug-likeness (QED) is 0.697. The van der Waals surface area contributed by atoms with Gasteiger partial charge in [0.25, 0.3) is 0 Å². The Kier molecular flexibility index (Phi) is 2.25. The molecule has 82 valence electrons. The fourth-order valence-corrected chi connectivity index (χ4v) is 2.84. The van der Waals surface area contributed by atoms with E-state index < -0.39 is 0 Å². The van der Waals surface area contributed by atoms with E-state index in [0.717, 1.165) is 19.5 Å². The molecule has 1 amide bonds. The maximum atomic E-state index is 12.0. The number of rotatable bonds is 0. The van der Waals surface area contributed by atoms with Crippen LogP contribution in [-0.4, -0.2) is 27.0 Å².